The molecule has 0 spiro atoms. The van der Waals surface area contributed by atoms with E-state index in [2.05, 4.69) is 38.9 Å². The molecule has 8 nitrogen and oxygen atoms in total. The number of methoxy groups -OCH3 is 1. The van der Waals surface area contributed by atoms with Gasteiger partial charge in [0.2, 0.25) is 5.88 Å². The standard InChI is InChI=1S/C26H32N4O4/c1-29(18-19-3-6-24-25(15-19)33-14-13-32-24)20-7-9-30(10-8-20)11-12-34-26-17-27-22-5-4-21(31-2)16-23(22)28-26/h3-6,15-17,20H,7-14,18H2,1-2H3. The molecular formula is C26H32N4O4. The zero-order valence-corrected chi connectivity index (χ0v) is 19.9. The van der Waals surface area contributed by atoms with Gasteiger partial charge in [0.1, 0.15) is 25.6 Å². The van der Waals surface area contributed by atoms with Gasteiger partial charge >= 0.3 is 0 Å². The second-order valence-corrected chi connectivity index (χ2v) is 8.88. The van der Waals surface area contributed by atoms with Crippen molar-refractivity contribution in [3.05, 3.63) is 48.2 Å². The summed E-state index contributed by atoms with van der Waals surface area (Å²) < 4.78 is 22.5. The van der Waals surface area contributed by atoms with Crippen LogP contribution in [-0.4, -0.2) is 79.4 Å². The maximum absolute atomic E-state index is 5.90. The first-order valence-corrected chi connectivity index (χ1v) is 11.9. The molecule has 0 atom stereocenters. The van der Waals surface area contributed by atoms with Crippen LogP contribution in [0.1, 0.15) is 18.4 Å². The molecule has 2 aliphatic heterocycles. The highest BCUT2D eigenvalue weighted by molar-refractivity contribution is 5.76. The van der Waals surface area contributed by atoms with Crippen LogP contribution in [0, 0.1) is 0 Å². The van der Waals surface area contributed by atoms with Gasteiger partial charge in [-0.15, -0.1) is 0 Å². The SMILES string of the molecule is COc1ccc2ncc(OCCN3CCC(N(C)Cc4ccc5c(c4)OCCO5)CC3)nc2c1. The number of aromatic nitrogens is 2. The summed E-state index contributed by atoms with van der Waals surface area (Å²) >= 11 is 0. The Morgan fingerprint density at radius 1 is 1.03 bits per heavy atom. The van der Waals surface area contributed by atoms with Gasteiger partial charge < -0.3 is 18.9 Å². The first-order chi connectivity index (χ1) is 16.7. The van der Waals surface area contributed by atoms with Crippen LogP contribution in [0.15, 0.2) is 42.6 Å². The minimum atomic E-state index is 0.551. The fourth-order valence-electron chi connectivity index (χ4n) is 4.64. The molecule has 2 aliphatic rings. The van der Waals surface area contributed by atoms with Gasteiger partial charge in [-0.1, -0.05) is 6.07 Å². The summed E-state index contributed by atoms with van der Waals surface area (Å²) in [6.45, 7) is 5.78. The summed E-state index contributed by atoms with van der Waals surface area (Å²) in [5, 5.41) is 0. The molecule has 0 bridgehead atoms. The predicted octanol–water partition coefficient (Wildman–Crippen LogP) is 3.38. The lowest BCUT2D eigenvalue weighted by atomic mass is 10.0. The van der Waals surface area contributed by atoms with Crippen molar-refractivity contribution in [2.24, 2.45) is 0 Å². The molecule has 0 radical (unpaired) electrons. The third-order valence-electron chi connectivity index (χ3n) is 6.60. The van der Waals surface area contributed by atoms with Crippen molar-refractivity contribution >= 4 is 11.0 Å². The van der Waals surface area contributed by atoms with Gasteiger partial charge in [-0.2, -0.15) is 0 Å². The third kappa shape index (κ3) is 5.34. The van der Waals surface area contributed by atoms with E-state index in [-0.39, 0.29) is 0 Å². The molecule has 0 N–H and O–H groups in total. The number of nitrogens with zero attached hydrogens (tertiary/aromatic N) is 4. The van der Waals surface area contributed by atoms with Gasteiger partial charge in [0.15, 0.2) is 11.5 Å². The van der Waals surface area contributed by atoms with E-state index in [4.69, 9.17) is 18.9 Å². The van der Waals surface area contributed by atoms with Gasteiger partial charge in [0, 0.05) is 25.2 Å². The third-order valence-corrected chi connectivity index (χ3v) is 6.60. The number of ether oxygens (including phenoxy) is 4. The first kappa shape index (κ1) is 22.7. The number of benzene rings is 2. The summed E-state index contributed by atoms with van der Waals surface area (Å²) in [5.41, 5.74) is 2.87. The molecule has 3 heterocycles. The second-order valence-electron chi connectivity index (χ2n) is 8.88. The van der Waals surface area contributed by atoms with E-state index in [1.807, 2.05) is 24.3 Å². The highest BCUT2D eigenvalue weighted by atomic mass is 16.6. The van der Waals surface area contributed by atoms with Crippen LogP contribution >= 0.6 is 0 Å². The molecule has 180 valence electrons. The first-order valence-electron chi connectivity index (χ1n) is 11.9. The molecule has 1 aromatic heterocycles. The monoisotopic (exact) mass is 464 g/mol. The average Bonchev–Trinajstić information content (AvgIpc) is 2.88. The summed E-state index contributed by atoms with van der Waals surface area (Å²) in [6.07, 6.45) is 3.99. The largest absolute Gasteiger partial charge is 0.497 e. The van der Waals surface area contributed by atoms with E-state index in [1.165, 1.54) is 5.56 Å². The Morgan fingerprint density at radius 3 is 2.68 bits per heavy atom. The zero-order valence-electron chi connectivity index (χ0n) is 19.9. The van der Waals surface area contributed by atoms with Crippen molar-refractivity contribution in [3.63, 3.8) is 0 Å². The van der Waals surface area contributed by atoms with Crippen LogP contribution in [0.25, 0.3) is 11.0 Å². The fourth-order valence-corrected chi connectivity index (χ4v) is 4.64. The van der Waals surface area contributed by atoms with Crippen LogP contribution in [-0.2, 0) is 6.54 Å². The Hall–Kier alpha value is -3.10. The van der Waals surface area contributed by atoms with E-state index < -0.39 is 0 Å². The number of hydrogen-bond donors (Lipinski definition) is 0. The lowest BCUT2D eigenvalue weighted by Gasteiger charge is -2.36. The van der Waals surface area contributed by atoms with Crippen LogP contribution < -0.4 is 18.9 Å². The van der Waals surface area contributed by atoms with E-state index in [9.17, 15) is 0 Å². The van der Waals surface area contributed by atoms with Crippen LogP contribution in [0.2, 0.25) is 0 Å². The van der Waals surface area contributed by atoms with Gasteiger partial charge in [-0.05, 0) is 62.8 Å². The van der Waals surface area contributed by atoms with Gasteiger partial charge in [-0.25, -0.2) is 9.97 Å². The Balaban J connectivity index is 1.07. The molecule has 3 aromatic rings. The zero-order chi connectivity index (χ0) is 23.3. The van der Waals surface area contributed by atoms with Crippen LogP contribution in [0.5, 0.6) is 23.1 Å². The van der Waals surface area contributed by atoms with Crippen molar-refractivity contribution in [2.75, 3.05) is 53.6 Å². The Bertz CT molecular complexity index is 1120. The van der Waals surface area contributed by atoms with Gasteiger partial charge in [-0.3, -0.25) is 9.80 Å². The number of fused-ring (bicyclic) bond motifs is 2. The molecule has 2 aromatic carbocycles. The average molecular weight is 465 g/mol. The number of piperidine rings is 1. The molecule has 5 rings (SSSR count). The minimum Gasteiger partial charge on any atom is -0.497 e. The molecule has 0 unspecified atom stereocenters. The topological polar surface area (TPSA) is 69.2 Å². The molecule has 1 fully saturated rings. The highest BCUT2D eigenvalue weighted by Gasteiger charge is 2.23. The number of likely N-dealkylation sites (tertiary alicyclic amines) is 1. The maximum atomic E-state index is 5.90. The van der Waals surface area contributed by atoms with Crippen molar-refractivity contribution in [2.45, 2.75) is 25.4 Å². The minimum absolute atomic E-state index is 0.551. The predicted molar refractivity (Wildman–Crippen MR) is 130 cm³/mol. The molecule has 0 saturated carbocycles. The van der Waals surface area contributed by atoms with E-state index in [0.717, 1.165) is 67.3 Å². The Kier molecular flexibility index (Phi) is 6.97. The highest BCUT2D eigenvalue weighted by Crippen LogP contribution is 2.31. The summed E-state index contributed by atoms with van der Waals surface area (Å²) in [5.74, 6) is 3.03. The van der Waals surface area contributed by atoms with Crippen molar-refractivity contribution in [1.82, 2.24) is 19.8 Å². The Labute approximate surface area is 200 Å². The fraction of sp³-hybridized carbons (Fsp3) is 0.462. The van der Waals surface area contributed by atoms with Crippen LogP contribution in [0.3, 0.4) is 0 Å². The lowest BCUT2D eigenvalue weighted by molar-refractivity contribution is 0.110. The quantitative estimate of drug-likeness (QED) is 0.503. The van der Waals surface area contributed by atoms with Gasteiger partial charge in [0.05, 0.1) is 24.3 Å². The molecule has 8 heteroatoms. The number of rotatable bonds is 8. The molecule has 0 amide bonds. The summed E-state index contributed by atoms with van der Waals surface area (Å²) in [6, 6.07) is 12.5. The van der Waals surface area contributed by atoms with Crippen molar-refractivity contribution < 1.29 is 18.9 Å². The smallest absolute Gasteiger partial charge is 0.232 e. The summed E-state index contributed by atoms with van der Waals surface area (Å²) in [7, 11) is 3.86. The molecular weight excluding hydrogens is 432 g/mol. The van der Waals surface area contributed by atoms with Crippen molar-refractivity contribution in [1.29, 1.82) is 0 Å². The van der Waals surface area contributed by atoms with E-state index in [1.54, 1.807) is 13.3 Å². The molecule has 0 aliphatic carbocycles. The molecule has 1 saturated heterocycles. The van der Waals surface area contributed by atoms with Crippen molar-refractivity contribution in [3.8, 4) is 23.1 Å². The van der Waals surface area contributed by atoms with E-state index >= 15 is 0 Å². The summed E-state index contributed by atoms with van der Waals surface area (Å²) in [4.78, 5) is 13.9. The lowest BCUT2D eigenvalue weighted by Crippen LogP contribution is -2.44. The maximum Gasteiger partial charge on any atom is 0.232 e. The molecule has 34 heavy (non-hydrogen) atoms. The number of hydrogen-bond acceptors (Lipinski definition) is 8. The Morgan fingerprint density at radius 2 is 1.85 bits per heavy atom. The van der Waals surface area contributed by atoms with Crippen LogP contribution in [0.4, 0.5) is 0 Å². The van der Waals surface area contributed by atoms with E-state index in [0.29, 0.717) is 31.7 Å². The normalized spacial score (nSPS) is 16.7. The second kappa shape index (κ2) is 10.4. The van der Waals surface area contributed by atoms with Gasteiger partial charge in [0.25, 0.3) is 0 Å².